The van der Waals surface area contributed by atoms with Gasteiger partial charge in [-0.1, -0.05) is 97.0 Å². The minimum absolute atomic E-state index is 0.0174. The van der Waals surface area contributed by atoms with Crippen LogP contribution in [0.5, 0.6) is 11.6 Å². The Morgan fingerprint density at radius 2 is 1.52 bits per heavy atom. The van der Waals surface area contributed by atoms with E-state index in [1.807, 2.05) is 6.20 Å². The van der Waals surface area contributed by atoms with Gasteiger partial charge in [-0.2, -0.15) is 0 Å². The Hall–Kier alpha value is -4.38. The van der Waals surface area contributed by atoms with Crippen LogP contribution in [-0.2, 0) is 16.2 Å². The molecule has 3 aliphatic rings. The van der Waals surface area contributed by atoms with Crippen LogP contribution in [0.2, 0.25) is 0 Å². The number of anilines is 3. The average molecular weight is 576 g/mol. The van der Waals surface area contributed by atoms with Crippen molar-refractivity contribution in [2.75, 3.05) is 4.90 Å². The van der Waals surface area contributed by atoms with Crippen molar-refractivity contribution >= 4 is 40.2 Å². The maximum Gasteiger partial charge on any atom is 0.260 e. The Morgan fingerprint density at radius 1 is 0.773 bits per heavy atom. The molecule has 0 spiro atoms. The molecule has 0 radical (unpaired) electrons. The number of hydrogen-bond donors (Lipinski definition) is 0. The second kappa shape index (κ2) is 9.07. The molecule has 44 heavy (non-hydrogen) atoms. The molecular weight excluding hydrogens is 537 g/mol. The third-order valence-electron chi connectivity index (χ3n) is 10.0. The Labute approximate surface area is 261 Å². The molecule has 1 aliphatic carbocycles. The monoisotopic (exact) mass is 575 g/mol. The fourth-order valence-corrected chi connectivity index (χ4v) is 8.18. The number of aromatic nitrogens is 2. The minimum atomic E-state index is -0.0174. The molecule has 0 atom stereocenters. The van der Waals surface area contributed by atoms with E-state index in [0.29, 0.717) is 5.88 Å². The summed E-state index contributed by atoms with van der Waals surface area (Å²) in [5.74, 6) is 1.51. The summed E-state index contributed by atoms with van der Waals surface area (Å²) in [5.41, 5.74) is 13.8. The van der Waals surface area contributed by atoms with Crippen LogP contribution in [0, 0.1) is 0 Å². The molecule has 0 amide bonds. The largest absolute Gasteiger partial charge is 0.440 e. The number of benzene rings is 4. The van der Waals surface area contributed by atoms with Crippen molar-refractivity contribution < 1.29 is 4.74 Å². The molecule has 5 heteroatoms. The highest BCUT2D eigenvalue weighted by Gasteiger charge is 2.47. The summed E-state index contributed by atoms with van der Waals surface area (Å²) in [7, 11) is 0. The molecular formula is C39H38BN3O. The van der Waals surface area contributed by atoms with Crippen LogP contribution in [0.3, 0.4) is 0 Å². The van der Waals surface area contributed by atoms with Gasteiger partial charge in [-0.25, -0.2) is 9.97 Å². The highest BCUT2D eigenvalue weighted by molar-refractivity contribution is 6.99. The molecule has 218 valence electrons. The topological polar surface area (TPSA) is 38.2 Å². The maximum atomic E-state index is 6.49. The normalized spacial score (nSPS) is 16.9. The van der Waals surface area contributed by atoms with Crippen LogP contribution < -0.4 is 26.0 Å². The van der Waals surface area contributed by atoms with E-state index in [4.69, 9.17) is 4.74 Å². The van der Waals surface area contributed by atoms with Crippen LogP contribution in [0.15, 0.2) is 91.4 Å². The summed E-state index contributed by atoms with van der Waals surface area (Å²) in [5, 5.41) is 0. The zero-order valence-electron chi connectivity index (χ0n) is 26.7. The van der Waals surface area contributed by atoms with Gasteiger partial charge >= 0.3 is 0 Å². The zero-order chi connectivity index (χ0) is 30.6. The van der Waals surface area contributed by atoms with Crippen LogP contribution >= 0.6 is 0 Å². The molecule has 4 aromatic carbocycles. The first-order valence-corrected chi connectivity index (χ1v) is 15.7. The SMILES string of the molecule is CC(C)(C)c1ccc(N2c3cc4c(cc3B3c5cncnc5Oc5cccc2c53)C(C)(C)CC4(C)C)c(-c2ccccc2)c1. The van der Waals surface area contributed by atoms with E-state index in [2.05, 4.69) is 142 Å². The van der Waals surface area contributed by atoms with Gasteiger partial charge in [-0.05, 0) is 86.2 Å². The van der Waals surface area contributed by atoms with Gasteiger partial charge in [0, 0.05) is 28.6 Å². The van der Waals surface area contributed by atoms with Gasteiger partial charge in [0.15, 0.2) is 0 Å². The first-order chi connectivity index (χ1) is 20.9. The maximum absolute atomic E-state index is 6.49. The van der Waals surface area contributed by atoms with E-state index in [9.17, 15) is 0 Å². The smallest absolute Gasteiger partial charge is 0.260 e. The Kier molecular flexibility index (Phi) is 5.61. The van der Waals surface area contributed by atoms with Crippen molar-refractivity contribution in [3.63, 3.8) is 0 Å². The van der Waals surface area contributed by atoms with E-state index in [-0.39, 0.29) is 23.0 Å². The predicted molar refractivity (Wildman–Crippen MR) is 183 cm³/mol. The zero-order valence-corrected chi connectivity index (χ0v) is 26.7. The first-order valence-electron chi connectivity index (χ1n) is 15.7. The van der Waals surface area contributed by atoms with Crippen LogP contribution in [0.1, 0.15) is 71.6 Å². The van der Waals surface area contributed by atoms with Crippen molar-refractivity contribution in [1.29, 1.82) is 0 Å². The Morgan fingerprint density at radius 3 is 2.27 bits per heavy atom. The fourth-order valence-electron chi connectivity index (χ4n) is 8.18. The number of ether oxygens (including phenoxy) is 1. The average Bonchev–Trinajstić information content (AvgIpc) is 3.18. The van der Waals surface area contributed by atoms with Crippen molar-refractivity contribution in [2.45, 2.75) is 71.1 Å². The van der Waals surface area contributed by atoms with Gasteiger partial charge in [-0.3, -0.25) is 0 Å². The van der Waals surface area contributed by atoms with Crippen molar-refractivity contribution in [2.24, 2.45) is 0 Å². The van der Waals surface area contributed by atoms with Gasteiger partial charge in [0.2, 0.25) is 5.88 Å². The molecule has 0 N–H and O–H groups in total. The number of fused-ring (bicyclic) bond motifs is 5. The molecule has 2 aliphatic heterocycles. The number of hydrogen-bond acceptors (Lipinski definition) is 4. The third-order valence-corrected chi connectivity index (χ3v) is 10.0. The summed E-state index contributed by atoms with van der Waals surface area (Å²) in [6.45, 7) is 16.4. The number of rotatable bonds is 2. The van der Waals surface area contributed by atoms with Crippen molar-refractivity contribution in [3.05, 3.63) is 108 Å². The molecule has 1 aromatic heterocycles. The lowest BCUT2D eigenvalue weighted by Crippen LogP contribution is -2.60. The second-order valence-electron chi connectivity index (χ2n) is 15.1. The lowest BCUT2D eigenvalue weighted by Gasteiger charge is -2.41. The lowest BCUT2D eigenvalue weighted by atomic mass is 9.34. The molecule has 0 unspecified atom stereocenters. The van der Waals surface area contributed by atoms with Gasteiger partial charge < -0.3 is 9.64 Å². The van der Waals surface area contributed by atoms with Crippen LogP contribution in [0.4, 0.5) is 17.1 Å². The fraction of sp³-hybridized carbons (Fsp3) is 0.282. The van der Waals surface area contributed by atoms with Crippen LogP contribution in [-0.4, -0.2) is 16.7 Å². The molecule has 3 heterocycles. The molecule has 5 aromatic rings. The van der Waals surface area contributed by atoms with E-state index in [1.165, 1.54) is 50.1 Å². The first kappa shape index (κ1) is 27.2. The van der Waals surface area contributed by atoms with E-state index >= 15 is 0 Å². The van der Waals surface area contributed by atoms with Crippen molar-refractivity contribution in [1.82, 2.24) is 9.97 Å². The van der Waals surface area contributed by atoms with Gasteiger partial charge in [0.05, 0.1) is 5.69 Å². The molecule has 8 rings (SSSR count). The molecule has 4 nitrogen and oxygen atoms in total. The van der Waals surface area contributed by atoms with E-state index in [1.54, 1.807) is 6.33 Å². The highest BCUT2D eigenvalue weighted by atomic mass is 16.5. The third kappa shape index (κ3) is 3.91. The Balaban J connectivity index is 1.48. The minimum Gasteiger partial charge on any atom is -0.440 e. The Bertz CT molecular complexity index is 1970. The van der Waals surface area contributed by atoms with Crippen LogP contribution in [0.25, 0.3) is 11.1 Å². The summed E-state index contributed by atoms with van der Waals surface area (Å²) >= 11 is 0. The molecule has 0 fully saturated rings. The highest BCUT2D eigenvalue weighted by Crippen LogP contribution is 2.52. The van der Waals surface area contributed by atoms with E-state index < -0.39 is 0 Å². The molecule has 0 bridgehead atoms. The summed E-state index contributed by atoms with van der Waals surface area (Å²) in [6.07, 6.45) is 4.64. The number of nitrogens with zero attached hydrogens (tertiary/aromatic N) is 3. The summed E-state index contributed by atoms with van der Waals surface area (Å²) in [6, 6.07) is 29.3. The quantitative estimate of drug-likeness (QED) is 0.197. The van der Waals surface area contributed by atoms with Gasteiger partial charge in [0.1, 0.15) is 12.1 Å². The summed E-state index contributed by atoms with van der Waals surface area (Å²) < 4.78 is 6.49. The van der Waals surface area contributed by atoms with Gasteiger partial charge in [0.25, 0.3) is 6.71 Å². The molecule has 0 saturated carbocycles. The predicted octanol–water partition coefficient (Wildman–Crippen LogP) is 7.81. The van der Waals surface area contributed by atoms with Crippen molar-refractivity contribution in [3.8, 4) is 22.8 Å². The standard InChI is InChI=1S/C39H38BN3O/c1-37(2,3)25-16-17-31(26(18-25)24-12-9-8-10-13-24)43-32-14-11-15-34-35(32)40(30-21-41-23-42-36(30)44-34)29-19-27-28(20-33(29)43)39(6,7)22-38(27,4)5/h8-21,23H,22H2,1-7H3. The van der Waals surface area contributed by atoms with E-state index in [0.717, 1.165) is 23.3 Å². The lowest BCUT2D eigenvalue weighted by molar-refractivity contribution is 0.403. The summed E-state index contributed by atoms with van der Waals surface area (Å²) in [4.78, 5) is 11.6. The van der Waals surface area contributed by atoms with Gasteiger partial charge in [-0.15, -0.1) is 0 Å². The molecule has 0 saturated heterocycles. The second-order valence-corrected chi connectivity index (χ2v) is 15.1.